The summed E-state index contributed by atoms with van der Waals surface area (Å²) in [6.07, 6.45) is 2.12. The highest BCUT2D eigenvalue weighted by Crippen LogP contribution is 2.28. The van der Waals surface area contributed by atoms with Gasteiger partial charge in [-0.25, -0.2) is 8.78 Å². The lowest BCUT2D eigenvalue weighted by atomic mass is 9.97. The van der Waals surface area contributed by atoms with Crippen molar-refractivity contribution in [3.05, 3.63) is 75.6 Å². The molecule has 3 rings (SSSR count). The highest BCUT2D eigenvalue weighted by atomic mass is 19.3. The average molecular weight is 440 g/mol. The van der Waals surface area contributed by atoms with E-state index in [-0.39, 0.29) is 29.5 Å². The van der Waals surface area contributed by atoms with Crippen LogP contribution in [0.5, 0.6) is 0 Å². The number of aliphatic imine (C=N–C) groups is 1. The number of rotatable bonds is 7. The summed E-state index contributed by atoms with van der Waals surface area (Å²) in [6.45, 7) is 6.44. The van der Waals surface area contributed by atoms with Crippen molar-refractivity contribution < 1.29 is 13.6 Å². The van der Waals surface area contributed by atoms with Gasteiger partial charge in [0.2, 0.25) is 0 Å². The minimum absolute atomic E-state index is 0.0727. The average Bonchev–Trinajstić information content (AvgIpc) is 2.75. The number of hydrogen-bond acceptors (Lipinski definition) is 3. The molecule has 2 N–H and O–H groups in total. The molecule has 0 bridgehead atoms. The lowest BCUT2D eigenvalue weighted by Gasteiger charge is -2.20. The maximum absolute atomic E-state index is 14.1. The van der Waals surface area contributed by atoms with Crippen molar-refractivity contribution >= 4 is 28.2 Å². The summed E-state index contributed by atoms with van der Waals surface area (Å²) in [7, 11) is 0. The molecule has 168 valence electrons. The van der Waals surface area contributed by atoms with E-state index in [2.05, 4.69) is 15.3 Å². The van der Waals surface area contributed by atoms with E-state index in [1.165, 1.54) is 12.1 Å². The zero-order chi connectivity index (χ0) is 23.5. The molecule has 0 aliphatic rings. The number of aromatic amines is 1. The Morgan fingerprint density at radius 3 is 2.62 bits per heavy atom. The molecule has 0 aliphatic heterocycles. The quantitative estimate of drug-likeness (QED) is 0.474. The van der Waals surface area contributed by atoms with Crippen LogP contribution in [0.4, 0.5) is 14.5 Å². The van der Waals surface area contributed by atoms with Crippen molar-refractivity contribution in [3.63, 3.8) is 0 Å². The predicted octanol–water partition coefficient (Wildman–Crippen LogP) is 5.54. The van der Waals surface area contributed by atoms with Crippen molar-refractivity contribution in [2.24, 2.45) is 10.9 Å². The van der Waals surface area contributed by atoms with Crippen LogP contribution in [0.2, 0.25) is 0 Å². The molecule has 3 aromatic rings. The molecule has 1 atom stereocenters. The van der Waals surface area contributed by atoms with Crippen molar-refractivity contribution in [3.8, 4) is 0 Å². The Hall–Kier alpha value is -3.35. The predicted molar refractivity (Wildman–Crippen MR) is 124 cm³/mol. The second-order valence-corrected chi connectivity index (χ2v) is 8.10. The summed E-state index contributed by atoms with van der Waals surface area (Å²) < 4.78 is 28.2. The van der Waals surface area contributed by atoms with Gasteiger partial charge in [-0.15, -0.1) is 0 Å². The molecule has 0 saturated heterocycles. The lowest BCUT2D eigenvalue weighted by Crippen LogP contribution is -2.30. The molecule has 32 heavy (non-hydrogen) atoms. The van der Waals surface area contributed by atoms with E-state index in [4.69, 9.17) is 0 Å². The van der Waals surface area contributed by atoms with Gasteiger partial charge in [-0.3, -0.25) is 14.6 Å². The fraction of sp³-hybridized carbons (Fsp3) is 0.320. The summed E-state index contributed by atoms with van der Waals surface area (Å²) >= 11 is 0. The van der Waals surface area contributed by atoms with Crippen LogP contribution < -0.4 is 10.7 Å². The molecule has 0 saturated carbocycles. The molecule has 1 unspecified atom stereocenters. The Morgan fingerprint density at radius 1 is 1.19 bits per heavy atom. The van der Waals surface area contributed by atoms with Gasteiger partial charge in [0.05, 0.1) is 11.4 Å². The van der Waals surface area contributed by atoms with Gasteiger partial charge in [-0.05, 0) is 48.7 Å². The van der Waals surface area contributed by atoms with E-state index in [1.54, 1.807) is 44.3 Å². The van der Waals surface area contributed by atoms with Crippen LogP contribution in [0.1, 0.15) is 48.7 Å². The Balaban J connectivity index is 1.82. The minimum atomic E-state index is -3.04. The fourth-order valence-electron chi connectivity index (χ4n) is 3.45. The third kappa shape index (κ3) is 5.28. The van der Waals surface area contributed by atoms with Crippen LogP contribution in [0, 0.1) is 12.8 Å². The number of alkyl halides is 2. The highest BCUT2D eigenvalue weighted by Gasteiger charge is 2.33. The minimum Gasteiger partial charge on any atom is -0.361 e. The first kappa shape index (κ1) is 23.3. The van der Waals surface area contributed by atoms with Crippen LogP contribution >= 0.6 is 0 Å². The maximum Gasteiger partial charge on any atom is 0.283 e. The molecular formula is C25H27F2N3O2. The number of aryl methyl sites for hydroxylation is 1. The molecule has 2 aromatic carbocycles. The molecule has 0 fully saturated rings. The van der Waals surface area contributed by atoms with Crippen LogP contribution in [-0.2, 0) is 6.54 Å². The molecule has 0 aliphatic carbocycles. The number of H-pyrrole nitrogens is 1. The molecule has 5 nitrogen and oxygen atoms in total. The SMILES string of the molecule is CCC(C)/C(=N\c1cc(C(=O)NCc2ccc3c(=O)cc[nH]c3c2)ccc1C)C(C)(F)F. The molecule has 0 spiro atoms. The number of carbonyl (C=O) groups is 1. The lowest BCUT2D eigenvalue weighted by molar-refractivity contribution is 0.0942. The van der Waals surface area contributed by atoms with E-state index >= 15 is 0 Å². The normalized spacial score (nSPS) is 13.2. The van der Waals surface area contributed by atoms with Crippen LogP contribution in [0.3, 0.4) is 0 Å². The first-order chi connectivity index (χ1) is 15.1. The Labute approximate surface area is 185 Å². The van der Waals surface area contributed by atoms with Crippen molar-refractivity contribution in [2.75, 3.05) is 0 Å². The molecular weight excluding hydrogens is 412 g/mol. The zero-order valence-corrected chi connectivity index (χ0v) is 18.6. The smallest absolute Gasteiger partial charge is 0.283 e. The third-order valence-corrected chi connectivity index (χ3v) is 5.52. The number of halogens is 2. The van der Waals surface area contributed by atoms with Gasteiger partial charge < -0.3 is 10.3 Å². The van der Waals surface area contributed by atoms with Crippen molar-refractivity contribution in [1.29, 1.82) is 0 Å². The maximum atomic E-state index is 14.1. The molecule has 1 amide bonds. The largest absolute Gasteiger partial charge is 0.361 e. The Bertz CT molecular complexity index is 1230. The summed E-state index contributed by atoms with van der Waals surface area (Å²) in [5, 5.41) is 3.41. The number of amides is 1. The number of benzene rings is 2. The van der Waals surface area contributed by atoms with Gasteiger partial charge in [0, 0.05) is 48.1 Å². The van der Waals surface area contributed by atoms with E-state index in [1.807, 2.05) is 13.0 Å². The topological polar surface area (TPSA) is 74.3 Å². The molecule has 7 heteroatoms. The second-order valence-electron chi connectivity index (χ2n) is 8.10. The van der Waals surface area contributed by atoms with E-state index in [9.17, 15) is 18.4 Å². The first-order valence-corrected chi connectivity index (χ1v) is 10.6. The van der Waals surface area contributed by atoms with Crippen molar-refractivity contribution in [2.45, 2.75) is 46.6 Å². The number of nitrogens with zero attached hydrogens (tertiary/aromatic N) is 1. The summed E-state index contributed by atoms with van der Waals surface area (Å²) in [6, 6.07) is 11.7. The highest BCUT2D eigenvalue weighted by molar-refractivity contribution is 5.97. The number of fused-ring (bicyclic) bond motifs is 1. The summed E-state index contributed by atoms with van der Waals surface area (Å²) in [5.41, 5.74) is 2.66. The van der Waals surface area contributed by atoms with Gasteiger partial charge in [-0.1, -0.05) is 26.0 Å². The fourth-order valence-corrected chi connectivity index (χ4v) is 3.45. The van der Waals surface area contributed by atoms with Gasteiger partial charge in [0.15, 0.2) is 5.43 Å². The Morgan fingerprint density at radius 2 is 1.94 bits per heavy atom. The number of pyridine rings is 1. The number of carbonyl (C=O) groups excluding carboxylic acids is 1. The second kappa shape index (κ2) is 9.42. The van der Waals surface area contributed by atoms with Crippen LogP contribution in [0.25, 0.3) is 10.9 Å². The number of hydrogen-bond donors (Lipinski definition) is 2. The summed E-state index contributed by atoms with van der Waals surface area (Å²) in [4.78, 5) is 31.8. The van der Waals surface area contributed by atoms with E-state index < -0.39 is 5.92 Å². The molecule has 1 aromatic heterocycles. The summed E-state index contributed by atoms with van der Waals surface area (Å²) in [5.74, 6) is -3.76. The van der Waals surface area contributed by atoms with Gasteiger partial charge in [-0.2, -0.15) is 0 Å². The zero-order valence-electron chi connectivity index (χ0n) is 18.6. The van der Waals surface area contributed by atoms with Gasteiger partial charge in [0.1, 0.15) is 0 Å². The molecule has 1 heterocycles. The first-order valence-electron chi connectivity index (χ1n) is 10.6. The monoisotopic (exact) mass is 439 g/mol. The van der Waals surface area contributed by atoms with Gasteiger partial charge >= 0.3 is 0 Å². The van der Waals surface area contributed by atoms with E-state index in [0.717, 1.165) is 12.5 Å². The standard InChI is InChI=1S/C25H27F2N3O2/c1-5-15(2)23(25(4,26)27)30-20-13-18(8-6-16(20)3)24(32)29-14-17-7-9-19-21(12-17)28-11-10-22(19)31/h6-13,15H,5,14H2,1-4H3,(H,28,31)(H,29,32)/b30-23+. The number of aromatic nitrogens is 1. The number of nitrogens with one attached hydrogen (secondary N) is 2. The van der Waals surface area contributed by atoms with Gasteiger partial charge in [0.25, 0.3) is 11.8 Å². The molecule has 0 radical (unpaired) electrons. The van der Waals surface area contributed by atoms with Crippen LogP contribution in [0.15, 0.2) is 58.4 Å². The van der Waals surface area contributed by atoms with E-state index in [0.29, 0.717) is 34.1 Å². The Kier molecular flexibility index (Phi) is 6.87. The third-order valence-electron chi connectivity index (χ3n) is 5.52. The van der Waals surface area contributed by atoms with Crippen LogP contribution in [-0.4, -0.2) is 22.5 Å². The van der Waals surface area contributed by atoms with Crippen molar-refractivity contribution in [1.82, 2.24) is 10.3 Å².